The molecule has 0 bridgehead atoms. The number of fused-ring (bicyclic) bond motifs is 2. The Morgan fingerprint density at radius 1 is 0.600 bits per heavy atom. The van der Waals surface area contributed by atoms with Gasteiger partial charge >= 0.3 is 12.2 Å². The average Bonchev–Trinajstić information content (AvgIpc) is 4.07. The van der Waals surface area contributed by atoms with E-state index in [0.717, 1.165) is 44.3 Å². The molecule has 0 aliphatic carbocycles. The fraction of sp³-hybridized carbons (Fsp3) is 0.455. The molecular weight excluding hydrogens is 769 g/mol. The highest BCUT2D eigenvalue weighted by atomic mass is 16.5. The summed E-state index contributed by atoms with van der Waals surface area (Å²) in [6.45, 7) is 8.28. The van der Waals surface area contributed by atoms with Crippen molar-refractivity contribution in [3.05, 3.63) is 72.3 Å². The molecule has 4 N–H and O–H groups in total. The second-order valence-electron chi connectivity index (χ2n) is 16.2. The molecule has 16 nitrogen and oxygen atoms in total. The maximum atomic E-state index is 13.8. The predicted octanol–water partition coefficient (Wildman–Crippen LogP) is 6.11. The maximum Gasteiger partial charge on any atom is 0.407 e. The van der Waals surface area contributed by atoms with Crippen molar-refractivity contribution in [3.63, 3.8) is 0 Å². The lowest BCUT2D eigenvalue weighted by Gasteiger charge is -2.29. The quantitative estimate of drug-likeness (QED) is 0.114. The standard InChI is InChI=1S/C44H54N8O8/c1-23(2)37(49-43(55)59-7)41(53)51-21-29(57-5)19-35(51)39-45-31-15-13-27(17-33(31)47-39)25-9-11-26(12-10-25)28-14-16-32-34(18-28)48-40(46-32)36-20-30(58-6)22-52(36)42(54)38(24(3)4)50-44(56)60-8/h9-18,23-24,29-30,35-38H,19-22H2,1-8H3,(H,45,47)(H,46,48)(H,49,55)(H,50,56)/t29-,30-,35+,36+,37+,38+/m1/s1. The highest BCUT2D eigenvalue weighted by Gasteiger charge is 2.43. The number of alkyl carbamates (subject to hydrolysis) is 2. The second-order valence-corrected chi connectivity index (χ2v) is 16.2. The molecule has 2 aliphatic rings. The van der Waals surface area contributed by atoms with E-state index in [0.29, 0.717) is 37.6 Å². The van der Waals surface area contributed by atoms with Gasteiger partial charge in [-0.25, -0.2) is 19.6 Å². The van der Waals surface area contributed by atoms with Crippen LogP contribution in [0.3, 0.4) is 0 Å². The molecule has 2 fully saturated rings. The zero-order valence-corrected chi connectivity index (χ0v) is 35.3. The molecule has 0 saturated carbocycles. The molecule has 2 saturated heterocycles. The van der Waals surface area contributed by atoms with Crippen LogP contribution in [-0.4, -0.2) is 120 Å². The number of rotatable bonds is 12. The van der Waals surface area contributed by atoms with E-state index in [-0.39, 0.29) is 47.9 Å². The van der Waals surface area contributed by atoms with Crippen LogP contribution in [0.5, 0.6) is 0 Å². The topological polar surface area (TPSA) is 193 Å². The van der Waals surface area contributed by atoms with Gasteiger partial charge in [0.15, 0.2) is 0 Å². The minimum absolute atomic E-state index is 0.163. The third-order valence-electron chi connectivity index (χ3n) is 11.7. The van der Waals surface area contributed by atoms with Gasteiger partial charge in [-0.1, -0.05) is 64.1 Å². The van der Waals surface area contributed by atoms with Crippen molar-refractivity contribution in [2.24, 2.45) is 11.8 Å². The van der Waals surface area contributed by atoms with Gasteiger partial charge in [-0.2, -0.15) is 0 Å². The van der Waals surface area contributed by atoms with Crippen molar-refractivity contribution in [2.45, 2.75) is 76.9 Å². The lowest BCUT2D eigenvalue weighted by Crippen LogP contribution is -2.51. The highest BCUT2D eigenvalue weighted by molar-refractivity contribution is 5.88. The van der Waals surface area contributed by atoms with Crippen molar-refractivity contribution in [1.82, 2.24) is 40.4 Å². The van der Waals surface area contributed by atoms with E-state index in [4.69, 9.17) is 28.9 Å². The largest absolute Gasteiger partial charge is 0.453 e. The van der Waals surface area contributed by atoms with Crippen LogP contribution in [0.15, 0.2) is 60.7 Å². The Kier molecular flexibility index (Phi) is 12.4. The number of aromatic amines is 2. The van der Waals surface area contributed by atoms with Crippen LogP contribution in [-0.2, 0) is 28.5 Å². The third kappa shape index (κ3) is 8.52. The smallest absolute Gasteiger partial charge is 0.407 e. The molecule has 6 atom stereocenters. The second kappa shape index (κ2) is 17.7. The summed E-state index contributed by atoms with van der Waals surface area (Å²) in [5, 5.41) is 5.39. The molecule has 5 aromatic rings. The number of nitrogens with zero attached hydrogens (tertiary/aromatic N) is 4. The number of likely N-dealkylation sites (tertiary alicyclic amines) is 2. The first-order valence-corrected chi connectivity index (χ1v) is 20.3. The summed E-state index contributed by atoms with van der Waals surface area (Å²) in [6, 6.07) is 18.2. The first kappa shape index (κ1) is 42.1. The van der Waals surface area contributed by atoms with Crippen LogP contribution < -0.4 is 10.6 Å². The summed E-state index contributed by atoms with van der Waals surface area (Å²) in [7, 11) is 5.82. The minimum atomic E-state index is -0.764. The molecule has 4 heterocycles. The van der Waals surface area contributed by atoms with Gasteiger partial charge in [0.25, 0.3) is 0 Å². The summed E-state index contributed by atoms with van der Waals surface area (Å²) in [6.07, 6.45) is -0.550. The fourth-order valence-electron chi connectivity index (χ4n) is 8.28. The summed E-state index contributed by atoms with van der Waals surface area (Å²) in [5.41, 5.74) is 7.23. The summed E-state index contributed by atoms with van der Waals surface area (Å²) >= 11 is 0. The molecule has 318 valence electrons. The van der Waals surface area contributed by atoms with Gasteiger partial charge in [0, 0.05) is 40.2 Å². The molecule has 0 radical (unpaired) electrons. The van der Waals surface area contributed by atoms with Crippen LogP contribution in [0, 0.1) is 11.8 Å². The number of carbonyl (C=O) groups is 4. The Labute approximate surface area is 348 Å². The number of imidazole rings is 2. The molecular formula is C44H54N8O8. The van der Waals surface area contributed by atoms with Crippen molar-refractivity contribution < 1.29 is 38.1 Å². The van der Waals surface area contributed by atoms with Crippen molar-refractivity contribution in [3.8, 4) is 22.3 Å². The van der Waals surface area contributed by atoms with Crippen molar-refractivity contribution in [2.75, 3.05) is 41.5 Å². The first-order valence-electron chi connectivity index (χ1n) is 20.3. The summed E-state index contributed by atoms with van der Waals surface area (Å²) in [4.78, 5) is 72.1. The van der Waals surface area contributed by atoms with E-state index in [2.05, 4.69) is 44.9 Å². The Morgan fingerprint density at radius 3 is 1.30 bits per heavy atom. The number of ether oxygens (including phenoxy) is 4. The van der Waals surface area contributed by atoms with E-state index in [1.165, 1.54) is 14.2 Å². The number of hydrogen-bond donors (Lipinski definition) is 4. The van der Waals surface area contributed by atoms with E-state index in [1.54, 1.807) is 24.0 Å². The van der Waals surface area contributed by atoms with E-state index in [1.807, 2.05) is 64.1 Å². The lowest BCUT2D eigenvalue weighted by atomic mass is 10.00. The number of methoxy groups -OCH3 is 4. The summed E-state index contributed by atoms with van der Waals surface area (Å²) < 4.78 is 20.9. The molecule has 0 unspecified atom stereocenters. The molecule has 60 heavy (non-hydrogen) atoms. The van der Waals surface area contributed by atoms with Gasteiger partial charge in [0.05, 0.1) is 60.6 Å². The number of amides is 4. The highest BCUT2D eigenvalue weighted by Crippen LogP contribution is 2.37. The van der Waals surface area contributed by atoms with E-state index >= 15 is 0 Å². The SMILES string of the molecule is COC(=O)N[C@H](C(=O)N1C[C@H](OC)C[C@H]1c1nc2cc(-c3ccc(-c4ccc5[nH]c([C@@H]6C[C@@H](OC)CN6C(=O)[C@@H](NC(=O)OC)C(C)C)nc5c4)cc3)ccc2[nH]1)C(C)C. The molecule has 2 aromatic heterocycles. The zero-order chi connectivity index (χ0) is 42.8. The van der Waals surface area contributed by atoms with Gasteiger partial charge in [-0.15, -0.1) is 0 Å². The normalized spacial score (nSPS) is 20.2. The third-order valence-corrected chi connectivity index (χ3v) is 11.7. The molecule has 7 rings (SSSR count). The lowest BCUT2D eigenvalue weighted by molar-refractivity contribution is -0.136. The van der Waals surface area contributed by atoms with Gasteiger partial charge in [0.1, 0.15) is 23.7 Å². The number of carbonyl (C=O) groups excluding carboxylic acids is 4. The Morgan fingerprint density at radius 2 is 0.967 bits per heavy atom. The zero-order valence-electron chi connectivity index (χ0n) is 35.3. The average molecular weight is 823 g/mol. The monoisotopic (exact) mass is 822 g/mol. The maximum absolute atomic E-state index is 13.8. The Balaban J connectivity index is 1.09. The number of hydrogen-bond acceptors (Lipinski definition) is 10. The van der Waals surface area contributed by atoms with Crippen LogP contribution in [0.4, 0.5) is 9.59 Å². The number of aromatic nitrogens is 4. The van der Waals surface area contributed by atoms with Crippen molar-refractivity contribution in [1.29, 1.82) is 0 Å². The summed E-state index contributed by atoms with van der Waals surface area (Å²) in [5.74, 6) is 0.555. The van der Waals surface area contributed by atoms with Crippen LogP contribution >= 0.6 is 0 Å². The number of benzene rings is 3. The molecule has 16 heteroatoms. The number of nitrogens with one attached hydrogen (secondary N) is 4. The molecule has 0 spiro atoms. The van der Waals surface area contributed by atoms with Crippen LogP contribution in [0.1, 0.15) is 64.3 Å². The van der Waals surface area contributed by atoms with Gasteiger partial charge in [0.2, 0.25) is 11.8 Å². The molecule has 2 aliphatic heterocycles. The van der Waals surface area contributed by atoms with Crippen LogP contribution in [0.25, 0.3) is 44.3 Å². The fourth-order valence-corrected chi connectivity index (χ4v) is 8.28. The first-order chi connectivity index (χ1) is 28.8. The Bertz CT molecular complexity index is 2190. The van der Waals surface area contributed by atoms with E-state index in [9.17, 15) is 19.2 Å². The minimum Gasteiger partial charge on any atom is -0.453 e. The van der Waals surface area contributed by atoms with Crippen molar-refractivity contribution >= 4 is 46.1 Å². The Hall–Kier alpha value is -6.00. The van der Waals surface area contributed by atoms with Crippen LogP contribution in [0.2, 0.25) is 0 Å². The molecule has 3 aromatic carbocycles. The molecule has 4 amide bonds. The van der Waals surface area contributed by atoms with Gasteiger partial charge < -0.3 is 49.3 Å². The van der Waals surface area contributed by atoms with E-state index < -0.39 is 24.3 Å². The van der Waals surface area contributed by atoms with Gasteiger partial charge in [-0.3, -0.25) is 9.59 Å². The number of H-pyrrole nitrogens is 2. The van der Waals surface area contributed by atoms with Gasteiger partial charge in [-0.05, 0) is 58.4 Å². The predicted molar refractivity (Wildman–Crippen MR) is 225 cm³/mol.